The highest BCUT2D eigenvalue weighted by Crippen LogP contribution is 2.30. The SMILES string of the molecule is CC(CCc1c(O)cc(-c2ccccc2)oc1=O)CSC1CCCCC1. The number of benzene rings is 1. The molecule has 1 atom stereocenters. The Morgan fingerprint density at radius 2 is 1.92 bits per heavy atom. The first-order valence-electron chi connectivity index (χ1n) is 9.66. The van der Waals surface area contributed by atoms with Gasteiger partial charge in [0.25, 0.3) is 0 Å². The van der Waals surface area contributed by atoms with E-state index < -0.39 is 5.63 Å². The van der Waals surface area contributed by atoms with Crippen molar-refractivity contribution in [2.24, 2.45) is 5.92 Å². The monoisotopic (exact) mass is 372 g/mol. The summed E-state index contributed by atoms with van der Waals surface area (Å²) in [5.41, 5.74) is 0.777. The van der Waals surface area contributed by atoms with Crippen molar-refractivity contribution in [3.63, 3.8) is 0 Å². The Morgan fingerprint density at radius 1 is 1.19 bits per heavy atom. The fourth-order valence-corrected chi connectivity index (χ4v) is 4.92. The minimum Gasteiger partial charge on any atom is -0.507 e. The van der Waals surface area contributed by atoms with Gasteiger partial charge in [-0.05, 0) is 37.4 Å². The fraction of sp³-hybridized carbons (Fsp3) is 0.500. The van der Waals surface area contributed by atoms with Gasteiger partial charge in [0, 0.05) is 16.9 Å². The summed E-state index contributed by atoms with van der Waals surface area (Å²) in [7, 11) is 0. The molecule has 1 heterocycles. The third-order valence-electron chi connectivity index (χ3n) is 5.14. The molecule has 1 aromatic heterocycles. The first-order chi connectivity index (χ1) is 12.6. The molecule has 0 radical (unpaired) electrons. The topological polar surface area (TPSA) is 50.4 Å². The van der Waals surface area contributed by atoms with Crippen molar-refractivity contribution in [2.45, 2.75) is 57.1 Å². The Labute approximate surface area is 159 Å². The molecule has 1 N–H and O–H groups in total. The van der Waals surface area contributed by atoms with Crippen LogP contribution in [0.15, 0.2) is 45.6 Å². The summed E-state index contributed by atoms with van der Waals surface area (Å²) >= 11 is 2.08. The Balaban J connectivity index is 1.56. The molecular weight excluding hydrogens is 344 g/mol. The van der Waals surface area contributed by atoms with Gasteiger partial charge in [-0.2, -0.15) is 11.8 Å². The van der Waals surface area contributed by atoms with Crippen LogP contribution in [0.4, 0.5) is 0 Å². The number of hydrogen-bond acceptors (Lipinski definition) is 4. The van der Waals surface area contributed by atoms with Crippen LogP contribution in [0.1, 0.15) is 51.0 Å². The van der Waals surface area contributed by atoms with Gasteiger partial charge in [-0.1, -0.05) is 56.5 Å². The highest BCUT2D eigenvalue weighted by Gasteiger charge is 2.17. The van der Waals surface area contributed by atoms with Crippen LogP contribution in [0.2, 0.25) is 0 Å². The molecule has 0 aliphatic heterocycles. The molecule has 3 nitrogen and oxygen atoms in total. The maximum atomic E-state index is 12.3. The standard InChI is InChI=1S/C22H28O3S/c1-16(15-26-18-10-6-3-7-11-18)12-13-19-20(23)14-21(25-22(19)24)17-8-4-2-5-9-17/h2,4-5,8-9,14,16,18,23H,3,6-7,10-13,15H2,1H3. The predicted octanol–water partition coefficient (Wildman–Crippen LogP) is 5.65. The van der Waals surface area contributed by atoms with Crippen molar-refractivity contribution in [2.75, 3.05) is 5.75 Å². The molecule has 4 heteroatoms. The number of thioether (sulfide) groups is 1. The minimum atomic E-state index is -0.420. The van der Waals surface area contributed by atoms with E-state index in [2.05, 4.69) is 18.7 Å². The van der Waals surface area contributed by atoms with Gasteiger partial charge >= 0.3 is 5.63 Å². The molecule has 140 valence electrons. The van der Waals surface area contributed by atoms with E-state index in [1.54, 1.807) is 6.07 Å². The van der Waals surface area contributed by atoms with Gasteiger partial charge in [0.15, 0.2) is 0 Å². The molecule has 1 aliphatic rings. The van der Waals surface area contributed by atoms with E-state index in [0.717, 1.165) is 23.0 Å². The summed E-state index contributed by atoms with van der Waals surface area (Å²) < 4.78 is 5.44. The molecule has 1 unspecified atom stereocenters. The van der Waals surface area contributed by atoms with Crippen LogP contribution >= 0.6 is 11.8 Å². The van der Waals surface area contributed by atoms with Gasteiger partial charge in [0.05, 0.1) is 5.56 Å². The highest BCUT2D eigenvalue weighted by atomic mass is 32.2. The molecule has 0 bridgehead atoms. The molecular formula is C22H28O3S. The molecule has 1 saturated carbocycles. The first-order valence-corrected chi connectivity index (χ1v) is 10.7. The summed E-state index contributed by atoms with van der Waals surface area (Å²) in [5, 5.41) is 11.1. The third-order valence-corrected chi connectivity index (χ3v) is 6.84. The zero-order chi connectivity index (χ0) is 18.4. The fourth-order valence-electron chi connectivity index (χ4n) is 3.49. The van der Waals surface area contributed by atoms with Gasteiger partial charge in [-0.25, -0.2) is 4.79 Å². The van der Waals surface area contributed by atoms with Crippen molar-refractivity contribution in [1.29, 1.82) is 0 Å². The third kappa shape index (κ3) is 5.16. The van der Waals surface area contributed by atoms with Crippen LogP contribution in [0, 0.1) is 5.92 Å². The van der Waals surface area contributed by atoms with E-state index in [0.29, 0.717) is 23.7 Å². The lowest BCUT2D eigenvalue weighted by molar-refractivity contribution is 0.435. The van der Waals surface area contributed by atoms with Crippen LogP contribution in [-0.4, -0.2) is 16.1 Å². The van der Waals surface area contributed by atoms with Crippen LogP contribution in [0.25, 0.3) is 11.3 Å². The van der Waals surface area contributed by atoms with Crippen molar-refractivity contribution in [3.05, 3.63) is 52.4 Å². The molecule has 2 aromatic rings. The zero-order valence-corrected chi connectivity index (χ0v) is 16.3. The van der Waals surface area contributed by atoms with Crippen LogP contribution in [0.3, 0.4) is 0 Å². The minimum absolute atomic E-state index is 0.0484. The van der Waals surface area contributed by atoms with E-state index >= 15 is 0 Å². The number of hydrogen-bond donors (Lipinski definition) is 1. The summed E-state index contributed by atoms with van der Waals surface area (Å²) in [6.45, 7) is 2.23. The highest BCUT2D eigenvalue weighted by molar-refractivity contribution is 7.99. The van der Waals surface area contributed by atoms with Gasteiger partial charge in [-0.3, -0.25) is 0 Å². The second-order valence-corrected chi connectivity index (χ2v) is 8.70. The smallest absolute Gasteiger partial charge is 0.343 e. The van der Waals surface area contributed by atoms with Gasteiger partial charge in [0.2, 0.25) is 0 Å². The quantitative estimate of drug-likeness (QED) is 0.682. The van der Waals surface area contributed by atoms with Gasteiger partial charge < -0.3 is 9.52 Å². The summed E-state index contributed by atoms with van der Waals surface area (Å²) in [6.07, 6.45) is 8.29. The number of aromatic hydroxyl groups is 1. The van der Waals surface area contributed by atoms with Crippen LogP contribution < -0.4 is 5.63 Å². The van der Waals surface area contributed by atoms with Crippen LogP contribution in [-0.2, 0) is 6.42 Å². The Kier molecular flexibility index (Phi) is 6.84. The van der Waals surface area contributed by atoms with Crippen molar-refractivity contribution in [3.8, 4) is 17.1 Å². The average Bonchev–Trinajstić information content (AvgIpc) is 2.67. The summed E-state index contributed by atoms with van der Waals surface area (Å²) in [4.78, 5) is 12.3. The molecule has 1 aromatic carbocycles. The maximum Gasteiger partial charge on any atom is 0.343 e. The zero-order valence-electron chi connectivity index (χ0n) is 15.4. The van der Waals surface area contributed by atoms with Gasteiger partial charge in [0.1, 0.15) is 11.5 Å². The van der Waals surface area contributed by atoms with Crippen molar-refractivity contribution in [1.82, 2.24) is 0 Å². The molecule has 26 heavy (non-hydrogen) atoms. The lowest BCUT2D eigenvalue weighted by atomic mass is 10.0. The predicted molar refractivity (Wildman–Crippen MR) is 109 cm³/mol. The summed E-state index contributed by atoms with van der Waals surface area (Å²) in [5.74, 6) is 2.11. The largest absolute Gasteiger partial charge is 0.507 e. The van der Waals surface area contributed by atoms with Crippen molar-refractivity contribution < 1.29 is 9.52 Å². The Morgan fingerprint density at radius 3 is 2.62 bits per heavy atom. The van der Waals surface area contributed by atoms with E-state index in [1.165, 1.54) is 32.1 Å². The second kappa shape index (κ2) is 9.31. The molecule has 0 spiro atoms. The molecule has 1 fully saturated rings. The van der Waals surface area contributed by atoms with E-state index in [9.17, 15) is 9.90 Å². The lowest BCUT2D eigenvalue weighted by Crippen LogP contribution is -2.13. The molecule has 0 amide bonds. The Hall–Kier alpha value is -1.68. The summed E-state index contributed by atoms with van der Waals surface area (Å²) in [6, 6.07) is 11.0. The van der Waals surface area contributed by atoms with E-state index in [-0.39, 0.29) is 5.75 Å². The maximum absolute atomic E-state index is 12.3. The van der Waals surface area contributed by atoms with E-state index in [4.69, 9.17) is 4.42 Å². The average molecular weight is 373 g/mol. The number of rotatable bonds is 7. The van der Waals surface area contributed by atoms with E-state index in [1.807, 2.05) is 30.3 Å². The molecule has 1 aliphatic carbocycles. The van der Waals surface area contributed by atoms with Gasteiger partial charge in [-0.15, -0.1) is 0 Å². The second-order valence-electron chi connectivity index (χ2n) is 7.37. The Bertz CT molecular complexity index is 748. The van der Waals surface area contributed by atoms with Crippen molar-refractivity contribution >= 4 is 11.8 Å². The first kappa shape index (κ1) is 19.1. The molecule has 3 rings (SSSR count). The lowest BCUT2D eigenvalue weighted by Gasteiger charge is -2.22. The molecule has 0 saturated heterocycles. The van der Waals surface area contributed by atoms with Crippen LogP contribution in [0.5, 0.6) is 5.75 Å². The normalized spacial score (nSPS) is 16.5.